The van der Waals surface area contributed by atoms with Crippen molar-refractivity contribution in [2.24, 2.45) is 5.73 Å². The topological polar surface area (TPSA) is 35.2 Å². The van der Waals surface area contributed by atoms with Crippen molar-refractivity contribution in [3.63, 3.8) is 0 Å². The summed E-state index contributed by atoms with van der Waals surface area (Å²) >= 11 is 11.5. The maximum Gasteiger partial charge on any atom is 0.133 e. The summed E-state index contributed by atoms with van der Waals surface area (Å²) in [4.78, 5) is 1.18. The molecule has 0 aromatic heterocycles. The van der Waals surface area contributed by atoms with Gasteiger partial charge >= 0.3 is 0 Å². The molecule has 0 amide bonds. The molecule has 1 aliphatic rings. The Labute approximate surface area is 142 Å². The number of hydrogen-bond acceptors (Lipinski definition) is 3. The first-order chi connectivity index (χ1) is 10.1. The van der Waals surface area contributed by atoms with Gasteiger partial charge in [-0.05, 0) is 36.2 Å². The second kappa shape index (κ2) is 6.61. The van der Waals surface area contributed by atoms with Crippen molar-refractivity contribution < 1.29 is 4.74 Å². The first-order valence-corrected chi connectivity index (χ1v) is 8.87. The van der Waals surface area contributed by atoms with E-state index in [4.69, 9.17) is 22.1 Å². The van der Waals surface area contributed by atoms with Gasteiger partial charge < -0.3 is 10.5 Å². The van der Waals surface area contributed by atoms with Gasteiger partial charge in [-0.15, -0.1) is 11.8 Å². The van der Waals surface area contributed by atoms with Crippen LogP contribution >= 0.6 is 39.3 Å². The van der Waals surface area contributed by atoms with Crippen molar-refractivity contribution in [1.29, 1.82) is 0 Å². The molecule has 0 saturated heterocycles. The van der Waals surface area contributed by atoms with Gasteiger partial charge in [0.05, 0.1) is 0 Å². The minimum absolute atomic E-state index is 0.00427. The molecular formula is C16H15BrClNOS. The molecule has 2 aromatic rings. The van der Waals surface area contributed by atoms with Crippen LogP contribution in [-0.4, -0.2) is 17.9 Å². The van der Waals surface area contributed by atoms with Crippen molar-refractivity contribution in [3.8, 4) is 5.75 Å². The van der Waals surface area contributed by atoms with Crippen LogP contribution in [0.3, 0.4) is 0 Å². The van der Waals surface area contributed by atoms with Gasteiger partial charge in [0.25, 0.3) is 0 Å². The van der Waals surface area contributed by atoms with E-state index in [2.05, 4.69) is 22.0 Å². The average molecular weight is 385 g/mol. The number of halogens is 2. The second-order valence-electron chi connectivity index (χ2n) is 5.02. The fourth-order valence-electron chi connectivity index (χ4n) is 2.32. The van der Waals surface area contributed by atoms with Gasteiger partial charge in [0.2, 0.25) is 0 Å². The summed E-state index contributed by atoms with van der Waals surface area (Å²) in [5.74, 6) is 1.79. The monoisotopic (exact) mass is 383 g/mol. The molecule has 2 aromatic carbocycles. The Kier molecular flexibility index (Phi) is 4.79. The molecule has 0 aliphatic carbocycles. The zero-order valence-electron chi connectivity index (χ0n) is 11.3. The number of nitrogens with two attached hydrogens (primary N) is 1. The SMILES string of the molecule is NC(Cc1ccc(Br)cc1Cl)C1CSc2ccccc2O1. The van der Waals surface area contributed by atoms with Crippen molar-refractivity contribution >= 4 is 39.3 Å². The summed E-state index contributed by atoms with van der Waals surface area (Å²) in [5, 5.41) is 0.740. The van der Waals surface area contributed by atoms with Crippen LogP contribution in [-0.2, 0) is 6.42 Å². The zero-order chi connectivity index (χ0) is 14.8. The Morgan fingerprint density at radius 1 is 1.33 bits per heavy atom. The number of hydrogen-bond donors (Lipinski definition) is 1. The fourth-order valence-corrected chi connectivity index (χ4v) is 4.16. The van der Waals surface area contributed by atoms with Gasteiger partial charge in [-0.1, -0.05) is 45.7 Å². The lowest BCUT2D eigenvalue weighted by atomic mass is 10.0. The van der Waals surface area contributed by atoms with Crippen molar-refractivity contribution in [1.82, 2.24) is 0 Å². The molecule has 0 saturated carbocycles. The lowest BCUT2D eigenvalue weighted by Gasteiger charge is -2.30. The molecule has 0 bridgehead atoms. The van der Waals surface area contributed by atoms with Gasteiger partial charge in [0.15, 0.2) is 0 Å². The van der Waals surface area contributed by atoms with Crippen LogP contribution in [0.15, 0.2) is 51.8 Å². The molecule has 2 N–H and O–H groups in total. The van der Waals surface area contributed by atoms with Crippen LogP contribution in [0.1, 0.15) is 5.56 Å². The third-order valence-electron chi connectivity index (χ3n) is 3.48. The lowest BCUT2D eigenvalue weighted by molar-refractivity contribution is 0.184. The van der Waals surface area contributed by atoms with Crippen LogP contribution in [0, 0.1) is 0 Å². The number of para-hydroxylation sites is 1. The summed E-state index contributed by atoms with van der Waals surface area (Å²) in [6.07, 6.45) is 0.712. The molecule has 1 heterocycles. The lowest BCUT2D eigenvalue weighted by Crippen LogP contribution is -2.43. The Hall–Kier alpha value is -0.680. The average Bonchev–Trinajstić information content (AvgIpc) is 2.49. The van der Waals surface area contributed by atoms with Gasteiger partial charge in [0, 0.05) is 26.2 Å². The van der Waals surface area contributed by atoms with Crippen LogP contribution in [0.5, 0.6) is 5.75 Å². The zero-order valence-corrected chi connectivity index (χ0v) is 14.4. The summed E-state index contributed by atoms with van der Waals surface area (Å²) < 4.78 is 7.01. The van der Waals surface area contributed by atoms with E-state index in [1.807, 2.05) is 36.4 Å². The summed E-state index contributed by atoms with van der Waals surface area (Å²) in [6.45, 7) is 0. The maximum absolute atomic E-state index is 6.34. The summed E-state index contributed by atoms with van der Waals surface area (Å²) in [5.41, 5.74) is 7.39. The number of rotatable bonds is 3. The van der Waals surface area contributed by atoms with Crippen molar-refractivity contribution in [3.05, 3.63) is 57.5 Å². The van der Waals surface area contributed by atoms with E-state index in [1.165, 1.54) is 4.90 Å². The Bertz CT molecular complexity index is 652. The largest absolute Gasteiger partial charge is 0.487 e. The van der Waals surface area contributed by atoms with E-state index in [0.717, 1.165) is 26.6 Å². The van der Waals surface area contributed by atoms with Gasteiger partial charge in [-0.3, -0.25) is 0 Å². The summed E-state index contributed by atoms with van der Waals surface area (Å²) in [6, 6.07) is 13.9. The third-order valence-corrected chi connectivity index (χ3v) is 5.47. The van der Waals surface area contributed by atoms with E-state index < -0.39 is 0 Å². The van der Waals surface area contributed by atoms with Gasteiger partial charge in [-0.25, -0.2) is 0 Å². The minimum Gasteiger partial charge on any atom is -0.487 e. The molecular weight excluding hydrogens is 370 g/mol. The highest BCUT2D eigenvalue weighted by atomic mass is 79.9. The smallest absolute Gasteiger partial charge is 0.133 e. The van der Waals surface area contributed by atoms with Crippen LogP contribution < -0.4 is 10.5 Å². The number of benzene rings is 2. The maximum atomic E-state index is 6.34. The summed E-state index contributed by atoms with van der Waals surface area (Å²) in [7, 11) is 0. The van der Waals surface area contributed by atoms with E-state index in [1.54, 1.807) is 11.8 Å². The third kappa shape index (κ3) is 3.57. The first kappa shape index (κ1) is 15.2. The molecule has 2 unspecified atom stereocenters. The number of ether oxygens (including phenoxy) is 1. The van der Waals surface area contributed by atoms with Crippen LogP contribution in [0.25, 0.3) is 0 Å². The Balaban J connectivity index is 1.70. The highest BCUT2D eigenvalue weighted by Gasteiger charge is 2.26. The fraction of sp³-hybridized carbons (Fsp3) is 0.250. The Morgan fingerprint density at radius 2 is 2.14 bits per heavy atom. The highest BCUT2D eigenvalue weighted by molar-refractivity contribution is 9.10. The number of thioether (sulfide) groups is 1. The highest BCUT2D eigenvalue weighted by Crippen LogP contribution is 2.36. The molecule has 21 heavy (non-hydrogen) atoms. The second-order valence-corrected chi connectivity index (χ2v) is 7.40. The molecule has 0 fully saturated rings. The predicted octanol–water partition coefficient (Wildman–Crippen LogP) is 4.53. The normalized spacial score (nSPS) is 18.7. The van der Waals surface area contributed by atoms with Gasteiger partial charge in [-0.2, -0.15) is 0 Å². The molecule has 3 rings (SSSR count). The molecule has 110 valence electrons. The minimum atomic E-state index is -0.0791. The first-order valence-electron chi connectivity index (χ1n) is 6.71. The van der Waals surface area contributed by atoms with Crippen molar-refractivity contribution in [2.45, 2.75) is 23.5 Å². The van der Waals surface area contributed by atoms with Gasteiger partial charge in [0.1, 0.15) is 11.9 Å². The standard InChI is InChI=1S/C16H15BrClNOS/c17-11-6-5-10(12(18)8-11)7-13(19)15-9-21-16-4-2-1-3-14(16)20-15/h1-6,8,13,15H,7,9,19H2. The molecule has 2 nitrogen and oxygen atoms in total. The predicted molar refractivity (Wildman–Crippen MR) is 92.4 cm³/mol. The quantitative estimate of drug-likeness (QED) is 0.844. The molecule has 0 spiro atoms. The van der Waals surface area contributed by atoms with Crippen molar-refractivity contribution in [2.75, 3.05) is 5.75 Å². The van der Waals surface area contributed by atoms with E-state index in [9.17, 15) is 0 Å². The molecule has 2 atom stereocenters. The molecule has 1 aliphatic heterocycles. The van der Waals surface area contributed by atoms with E-state index in [0.29, 0.717) is 6.42 Å². The molecule has 5 heteroatoms. The van der Waals surface area contributed by atoms with Crippen LogP contribution in [0.2, 0.25) is 5.02 Å². The van der Waals surface area contributed by atoms with E-state index >= 15 is 0 Å². The van der Waals surface area contributed by atoms with E-state index in [-0.39, 0.29) is 12.1 Å². The molecule has 0 radical (unpaired) electrons. The Morgan fingerprint density at radius 3 is 2.95 bits per heavy atom. The van der Waals surface area contributed by atoms with Crippen LogP contribution in [0.4, 0.5) is 0 Å². The number of fused-ring (bicyclic) bond motifs is 1.